The summed E-state index contributed by atoms with van der Waals surface area (Å²) in [5.41, 5.74) is 0.605. The third-order valence-electron chi connectivity index (χ3n) is 2.39. The second kappa shape index (κ2) is 5.96. The second-order valence-electron chi connectivity index (χ2n) is 3.51. The zero-order valence-corrected chi connectivity index (χ0v) is 11.3. The van der Waals surface area contributed by atoms with Crippen LogP contribution in [0.4, 0.5) is 12.9 Å². The molecule has 0 heterocycles. The number of allylic oxidation sites excluding steroid dienone is 1. The van der Waals surface area contributed by atoms with Crippen LogP contribution in [0.15, 0.2) is 11.5 Å². The van der Waals surface area contributed by atoms with Gasteiger partial charge in [0.15, 0.2) is 0 Å². The molecular weight excluding hydrogens is 203 g/mol. The molecule has 0 radical (unpaired) electrons. The molecule has 0 nitrogen and oxygen atoms in total. The van der Waals surface area contributed by atoms with Gasteiger partial charge in [0.2, 0.25) is 0 Å². The van der Waals surface area contributed by atoms with Gasteiger partial charge in [-0.3, -0.25) is 0 Å². The maximum absolute atomic E-state index is 12.0. The predicted molar refractivity (Wildman–Crippen MR) is 44.8 cm³/mol. The molecule has 1 unspecified atom stereocenters. The van der Waals surface area contributed by atoms with Gasteiger partial charge in [-0.05, 0) is 25.2 Å². The van der Waals surface area contributed by atoms with E-state index < -0.39 is 6.98 Å². The fraction of sp³-hybridized carbons (Fsp3) is 0.750. The van der Waals surface area contributed by atoms with Gasteiger partial charge >= 0.3 is 58.4 Å². The van der Waals surface area contributed by atoms with Crippen molar-refractivity contribution in [2.75, 3.05) is 0 Å². The SMILES string of the molecule is CC1CCCC/C1=C\[B-](F)(F)F.[K+]. The van der Waals surface area contributed by atoms with E-state index >= 15 is 0 Å². The van der Waals surface area contributed by atoms with Gasteiger partial charge in [0.25, 0.3) is 0 Å². The van der Waals surface area contributed by atoms with E-state index in [1.165, 1.54) is 0 Å². The van der Waals surface area contributed by atoms with Crippen LogP contribution in [-0.4, -0.2) is 6.98 Å². The first-order valence-electron chi connectivity index (χ1n) is 4.40. The van der Waals surface area contributed by atoms with E-state index in [4.69, 9.17) is 0 Å². The minimum Gasteiger partial charge on any atom is -0.445 e. The van der Waals surface area contributed by atoms with Gasteiger partial charge in [0, 0.05) is 0 Å². The van der Waals surface area contributed by atoms with E-state index in [0.29, 0.717) is 18.0 Å². The molecule has 0 saturated heterocycles. The molecule has 1 aliphatic rings. The molecule has 70 valence electrons. The van der Waals surface area contributed by atoms with E-state index in [1.54, 1.807) is 0 Å². The van der Waals surface area contributed by atoms with Crippen LogP contribution in [-0.2, 0) is 0 Å². The normalized spacial score (nSPS) is 27.1. The molecule has 0 N–H and O–H groups in total. The summed E-state index contributed by atoms with van der Waals surface area (Å²) in [5.74, 6) is 0.686. The smallest absolute Gasteiger partial charge is 0.445 e. The molecule has 1 saturated carbocycles. The van der Waals surface area contributed by atoms with Crippen molar-refractivity contribution in [1.29, 1.82) is 0 Å². The summed E-state index contributed by atoms with van der Waals surface area (Å²) in [6, 6.07) is 0. The summed E-state index contributed by atoms with van der Waals surface area (Å²) in [6.07, 6.45) is 3.55. The van der Waals surface area contributed by atoms with E-state index in [9.17, 15) is 12.9 Å². The topological polar surface area (TPSA) is 0 Å². The molecule has 1 rings (SSSR count). The average Bonchev–Trinajstić information content (AvgIpc) is 1.91. The summed E-state index contributed by atoms with van der Waals surface area (Å²) in [4.78, 5) is 0. The molecule has 0 aromatic carbocycles. The fourth-order valence-corrected chi connectivity index (χ4v) is 1.70. The van der Waals surface area contributed by atoms with Crippen LogP contribution in [0.25, 0.3) is 0 Å². The van der Waals surface area contributed by atoms with Crippen molar-refractivity contribution in [3.05, 3.63) is 11.5 Å². The number of rotatable bonds is 1. The van der Waals surface area contributed by atoms with Crippen LogP contribution in [0.1, 0.15) is 32.6 Å². The summed E-state index contributed by atoms with van der Waals surface area (Å²) >= 11 is 0. The van der Waals surface area contributed by atoms with E-state index in [2.05, 4.69) is 0 Å². The third-order valence-corrected chi connectivity index (χ3v) is 2.39. The first-order valence-corrected chi connectivity index (χ1v) is 4.40. The Bertz CT molecular complexity index is 188. The standard InChI is InChI=1S/C8H13BF3.K/c1-7-4-2-3-5-8(7)6-9(10,11)12;/h6-7H,2-5H2,1H3;/q-1;+1/b8-6+;. The monoisotopic (exact) mass is 216 g/mol. The van der Waals surface area contributed by atoms with Gasteiger partial charge in [-0.25, -0.2) is 0 Å². The molecule has 0 bridgehead atoms. The Morgan fingerprint density at radius 3 is 2.38 bits per heavy atom. The molecule has 5 heteroatoms. The minimum absolute atomic E-state index is 0. The first-order chi connectivity index (χ1) is 5.49. The van der Waals surface area contributed by atoms with Crippen LogP contribution in [0.5, 0.6) is 0 Å². The van der Waals surface area contributed by atoms with Crippen molar-refractivity contribution < 1.29 is 64.3 Å². The second-order valence-corrected chi connectivity index (χ2v) is 3.51. The van der Waals surface area contributed by atoms with Crippen LogP contribution in [0, 0.1) is 5.92 Å². The molecule has 1 atom stereocenters. The Hall–Kier alpha value is 1.23. The number of hydrogen-bond acceptors (Lipinski definition) is 0. The van der Waals surface area contributed by atoms with Crippen LogP contribution < -0.4 is 51.4 Å². The van der Waals surface area contributed by atoms with Gasteiger partial charge < -0.3 is 12.9 Å². The van der Waals surface area contributed by atoms with Crippen LogP contribution in [0.2, 0.25) is 0 Å². The van der Waals surface area contributed by atoms with Crippen molar-refractivity contribution in [2.45, 2.75) is 32.6 Å². The van der Waals surface area contributed by atoms with E-state index in [0.717, 1.165) is 19.3 Å². The van der Waals surface area contributed by atoms with E-state index in [-0.39, 0.29) is 57.3 Å². The molecule has 0 amide bonds. The molecule has 0 spiro atoms. The minimum atomic E-state index is -4.72. The maximum atomic E-state index is 12.0. The first kappa shape index (κ1) is 14.2. The summed E-state index contributed by atoms with van der Waals surface area (Å²) in [5, 5.41) is 0. The quantitative estimate of drug-likeness (QED) is 0.560. The largest absolute Gasteiger partial charge is 1.00 e. The van der Waals surface area contributed by atoms with Crippen molar-refractivity contribution in [3.8, 4) is 0 Å². The third kappa shape index (κ3) is 5.62. The fourth-order valence-electron chi connectivity index (χ4n) is 1.70. The maximum Gasteiger partial charge on any atom is 1.00 e. The Kier molecular flexibility index (Phi) is 6.52. The molecular formula is C8H13BF3K. The van der Waals surface area contributed by atoms with Gasteiger partial charge in [-0.15, -0.1) is 11.5 Å². The number of halogens is 3. The summed E-state index contributed by atoms with van der Waals surface area (Å²) in [6.45, 7) is -2.84. The number of hydrogen-bond donors (Lipinski definition) is 0. The van der Waals surface area contributed by atoms with Crippen LogP contribution >= 0.6 is 0 Å². The Labute approximate surface area is 120 Å². The summed E-state index contributed by atoms with van der Waals surface area (Å²) < 4.78 is 36.0. The van der Waals surface area contributed by atoms with Gasteiger partial charge in [-0.2, -0.15) is 0 Å². The predicted octanol–water partition coefficient (Wildman–Crippen LogP) is 0.513. The van der Waals surface area contributed by atoms with Crippen LogP contribution in [0.3, 0.4) is 0 Å². The zero-order valence-electron chi connectivity index (χ0n) is 8.19. The molecule has 1 aliphatic carbocycles. The zero-order chi connectivity index (χ0) is 9.19. The van der Waals surface area contributed by atoms with Crippen molar-refractivity contribution in [2.24, 2.45) is 5.92 Å². The molecule has 0 aromatic heterocycles. The molecule has 1 fully saturated rings. The Balaban J connectivity index is 0.00000144. The molecule has 13 heavy (non-hydrogen) atoms. The molecule has 0 aromatic rings. The Morgan fingerprint density at radius 2 is 1.92 bits per heavy atom. The van der Waals surface area contributed by atoms with Gasteiger partial charge in [0.1, 0.15) is 0 Å². The van der Waals surface area contributed by atoms with Gasteiger partial charge in [0.05, 0.1) is 0 Å². The van der Waals surface area contributed by atoms with Crippen molar-refractivity contribution >= 4 is 6.98 Å². The van der Waals surface area contributed by atoms with Crippen molar-refractivity contribution in [3.63, 3.8) is 0 Å². The average molecular weight is 216 g/mol. The van der Waals surface area contributed by atoms with E-state index in [1.807, 2.05) is 6.92 Å². The van der Waals surface area contributed by atoms with Crippen molar-refractivity contribution in [1.82, 2.24) is 0 Å². The molecule has 0 aliphatic heterocycles. The summed E-state index contributed by atoms with van der Waals surface area (Å²) in [7, 11) is 0. The van der Waals surface area contributed by atoms with Gasteiger partial charge in [-0.1, -0.05) is 13.3 Å². The Morgan fingerprint density at radius 1 is 1.31 bits per heavy atom.